The van der Waals surface area contributed by atoms with Crippen molar-refractivity contribution < 1.29 is 14.0 Å². The van der Waals surface area contributed by atoms with Crippen LogP contribution in [0.1, 0.15) is 42.5 Å². The predicted octanol–water partition coefficient (Wildman–Crippen LogP) is 5.45. The van der Waals surface area contributed by atoms with Gasteiger partial charge in [0.25, 0.3) is 0 Å². The number of carbonyl (C=O) groups excluding carboxylic acids is 2. The van der Waals surface area contributed by atoms with Gasteiger partial charge in [-0.2, -0.15) is 0 Å². The van der Waals surface area contributed by atoms with Gasteiger partial charge in [0.05, 0.1) is 12.1 Å². The van der Waals surface area contributed by atoms with Gasteiger partial charge in [-0.3, -0.25) is 9.59 Å². The normalized spacial score (nSPS) is 13.0. The quantitative estimate of drug-likeness (QED) is 0.462. The molecule has 0 bridgehead atoms. The molecule has 5 heteroatoms. The SMILES string of the molecule is Cc1c(CNCc2cccs2)oc2c1C(=O)C(=O)c1c-2ccc2c(C)cccc12. The topological polar surface area (TPSA) is 59.3 Å². The molecule has 0 aliphatic heterocycles. The van der Waals surface area contributed by atoms with Gasteiger partial charge in [-0.1, -0.05) is 30.3 Å². The summed E-state index contributed by atoms with van der Waals surface area (Å²) < 4.78 is 6.15. The molecule has 144 valence electrons. The number of hydrogen-bond acceptors (Lipinski definition) is 5. The summed E-state index contributed by atoms with van der Waals surface area (Å²) in [4.78, 5) is 27.2. The first kappa shape index (κ1) is 18.0. The molecule has 0 fully saturated rings. The number of benzene rings is 2. The lowest BCUT2D eigenvalue weighted by Crippen LogP contribution is -2.21. The van der Waals surface area contributed by atoms with E-state index in [-0.39, 0.29) is 0 Å². The molecule has 2 heterocycles. The van der Waals surface area contributed by atoms with Gasteiger partial charge in [0.1, 0.15) is 11.5 Å². The maximum absolute atomic E-state index is 13.0. The first-order valence-electron chi connectivity index (χ1n) is 9.53. The molecular formula is C24H19NO3S. The standard InChI is InChI=1S/C24H19NO3S/c1-13-5-3-7-17-16(13)8-9-18-21(17)23(27)22(26)20-14(2)19(28-24(18)20)12-25-11-15-6-4-10-29-15/h3-10,25H,11-12H2,1-2H3. The highest BCUT2D eigenvalue weighted by molar-refractivity contribution is 7.09. The lowest BCUT2D eigenvalue weighted by Gasteiger charge is -2.16. The molecule has 0 saturated carbocycles. The minimum Gasteiger partial charge on any atom is -0.459 e. The zero-order valence-corrected chi connectivity index (χ0v) is 17.0. The smallest absolute Gasteiger partial charge is 0.237 e. The van der Waals surface area contributed by atoms with Gasteiger partial charge in [-0.05, 0) is 47.7 Å². The first-order chi connectivity index (χ1) is 14.1. The van der Waals surface area contributed by atoms with E-state index in [1.165, 1.54) is 4.88 Å². The Hall–Kier alpha value is -3.02. The largest absolute Gasteiger partial charge is 0.459 e. The van der Waals surface area contributed by atoms with E-state index in [4.69, 9.17) is 4.42 Å². The van der Waals surface area contributed by atoms with Gasteiger partial charge in [0.15, 0.2) is 0 Å². The maximum Gasteiger partial charge on any atom is 0.237 e. The van der Waals surface area contributed by atoms with Crippen LogP contribution < -0.4 is 5.32 Å². The van der Waals surface area contributed by atoms with Crippen molar-refractivity contribution >= 4 is 33.7 Å². The van der Waals surface area contributed by atoms with Crippen LogP contribution in [0.4, 0.5) is 0 Å². The number of Topliss-reactive ketones (excluding diaryl/α,β-unsaturated/α-hetero) is 2. The number of aryl methyl sites for hydroxylation is 1. The molecule has 1 aliphatic rings. The molecule has 2 aromatic carbocycles. The van der Waals surface area contributed by atoms with Gasteiger partial charge in [0, 0.05) is 28.1 Å². The van der Waals surface area contributed by atoms with Crippen LogP contribution >= 0.6 is 11.3 Å². The minimum atomic E-state index is -0.479. The number of rotatable bonds is 4. The van der Waals surface area contributed by atoms with Gasteiger partial charge in [-0.15, -0.1) is 11.3 Å². The van der Waals surface area contributed by atoms with Crippen molar-refractivity contribution in [3.05, 3.63) is 80.7 Å². The van der Waals surface area contributed by atoms with E-state index in [2.05, 4.69) is 11.4 Å². The lowest BCUT2D eigenvalue weighted by atomic mass is 9.83. The Labute approximate surface area is 172 Å². The Morgan fingerprint density at radius 3 is 2.52 bits per heavy atom. The molecule has 29 heavy (non-hydrogen) atoms. The van der Waals surface area contributed by atoms with E-state index in [1.54, 1.807) is 11.3 Å². The van der Waals surface area contributed by atoms with Gasteiger partial charge >= 0.3 is 0 Å². The van der Waals surface area contributed by atoms with Crippen molar-refractivity contribution in [3.63, 3.8) is 0 Å². The van der Waals surface area contributed by atoms with Crippen molar-refractivity contribution in [2.75, 3.05) is 0 Å². The van der Waals surface area contributed by atoms with E-state index in [0.717, 1.165) is 28.4 Å². The van der Waals surface area contributed by atoms with Crippen LogP contribution in [-0.2, 0) is 13.1 Å². The Balaban J connectivity index is 1.59. The lowest BCUT2D eigenvalue weighted by molar-refractivity contribution is 0.0815. The highest BCUT2D eigenvalue weighted by Gasteiger charge is 2.37. The second-order valence-corrected chi connectivity index (χ2v) is 8.39. The van der Waals surface area contributed by atoms with E-state index >= 15 is 0 Å². The highest BCUT2D eigenvalue weighted by atomic mass is 32.1. The summed E-state index contributed by atoms with van der Waals surface area (Å²) in [5.41, 5.74) is 3.38. The molecule has 0 spiro atoms. The molecule has 2 aromatic heterocycles. The summed E-state index contributed by atoms with van der Waals surface area (Å²) in [6.07, 6.45) is 0. The Bertz CT molecular complexity index is 1280. The van der Waals surface area contributed by atoms with Crippen molar-refractivity contribution in [2.24, 2.45) is 0 Å². The predicted molar refractivity (Wildman–Crippen MR) is 115 cm³/mol. The van der Waals surface area contributed by atoms with Crippen LogP contribution in [-0.4, -0.2) is 11.6 Å². The molecule has 0 atom stereocenters. The zero-order chi connectivity index (χ0) is 20.1. The van der Waals surface area contributed by atoms with Gasteiger partial charge < -0.3 is 9.73 Å². The average molecular weight is 401 g/mol. The number of furan rings is 1. The van der Waals surface area contributed by atoms with Crippen LogP contribution in [0.15, 0.2) is 52.3 Å². The third-order valence-electron chi connectivity index (χ3n) is 5.59. The fraction of sp³-hybridized carbons (Fsp3) is 0.167. The van der Waals surface area contributed by atoms with Crippen LogP contribution in [0.5, 0.6) is 0 Å². The van der Waals surface area contributed by atoms with Crippen LogP contribution in [0.3, 0.4) is 0 Å². The fourth-order valence-corrected chi connectivity index (χ4v) is 4.75. The number of thiophene rings is 1. The summed E-state index contributed by atoms with van der Waals surface area (Å²) >= 11 is 1.69. The van der Waals surface area contributed by atoms with Gasteiger partial charge in [0.2, 0.25) is 11.6 Å². The molecule has 5 rings (SSSR count). The van der Waals surface area contributed by atoms with Crippen molar-refractivity contribution in [3.8, 4) is 11.3 Å². The molecule has 0 saturated heterocycles. The summed E-state index contributed by atoms with van der Waals surface area (Å²) in [6, 6.07) is 13.8. The zero-order valence-electron chi connectivity index (χ0n) is 16.2. The maximum atomic E-state index is 13.0. The summed E-state index contributed by atoms with van der Waals surface area (Å²) in [6.45, 7) is 5.09. The number of ketones is 2. The van der Waals surface area contributed by atoms with E-state index in [9.17, 15) is 9.59 Å². The molecule has 4 nitrogen and oxygen atoms in total. The second-order valence-electron chi connectivity index (χ2n) is 7.35. The monoisotopic (exact) mass is 401 g/mol. The third kappa shape index (κ3) is 2.77. The number of carbonyl (C=O) groups is 2. The summed E-state index contributed by atoms with van der Waals surface area (Å²) in [5.74, 6) is 0.279. The number of hydrogen-bond donors (Lipinski definition) is 1. The van der Waals surface area contributed by atoms with Crippen LogP contribution in [0.25, 0.3) is 22.1 Å². The Morgan fingerprint density at radius 1 is 0.897 bits per heavy atom. The third-order valence-corrected chi connectivity index (χ3v) is 6.47. The van der Waals surface area contributed by atoms with E-state index in [0.29, 0.717) is 34.8 Å². The first-order valence-corrected chi connectivity index (χ1v) is 10.4. The molecule has 1 N–H and O–H groups in total. The fourth-order valence-electron chi connectivity index (χ4n) is 4.08. The molecule has 0 radical (unpaired) electrons. The van der Waals surface area contributed by atoms with Crippen LogP contribution in [0, 0.1) is 13.8 Å². The number of fused-ring (bicyclic) bond motifs is 5. The average Bonchev–Trinajstić information content (AvgIpc) is 3.34. The summed E-state index contributed by atoms with van der Waals surface area (Å²) in [7, 11) is 0. The highest BCUT2D eigenvalue weighted by Crippen LogP contribution is 2.41. The molecule has 0 amide bonds. The molecule has 4 aromatic rings. The Morgan fingerprint density at radius 2 is 1.72 bits per heavy atom. The van der Waals surface area contributed by atoms with Crippen molar-refractivity contribution in [2.45, 2.75) is 26.9 Å². The molecule has 1 aliphatic carbocycles. The van der Waals surface area contributed by atoms with E-state index < -0.39 is 11.6 Å². The van der Waals surface area contributed by atoms with E-state index in [1.807, 2.05) is 55.6 Å². The van der Waals surface area contributed by atoms with Crippen LogP contribution in [0.2, 0.25) is 0 Å². The number of nitrogens with one attached hydrogen (secondary N) is 1. The Kier molecular flexibility index (Phi) is 4.23. The van der Waals surface area contributed by atoms with Crippen molar-refractivity contribution in [1.29, 1.82) is 0 Å². The molecular weight excluding hydrogens is 382 g/mol. The van der Waals surface area contributed by atoms with Gasteiger partial charge in [-0.25, -0.2) is 0 Å². The minimum absolute atomic E-state index is 0.405. The molecule has 0 unspecified atom stereocenters. The second kappa shape index (κ2) is 6.79. The van der Waals surface area contributed by atoms with Crippen molar-refractivity contribution in [1.82, 2.24) is 5.32 Å². The summed E-state index contributed by atoms with van der Waals surface area (Å²) in [5, 5.41) is 7.19.